The zero-order chi connectivity index (χ0) is 18.4. The molecule has 0 aromatic heterocycles. The highest BCUT2D eigenvalue weighted by Gasteiger charge is 2.42. The van der Waals surface area contributed by atoms with Crippen molar-refractivity contribution in [1.82, 2.24) is 15.5 Å². The van der Waals surface area contributed by atoms with Gasteiger partial charge in [-0.1, -0.05) is 6.42 Å². The molecule has 142 valence electrons. The number of piperidine rings is 1. The largest absolute Gasteiger partial charge is 0.391 e. The molecule has 9 heteroatoms. The molecule has 1 saturated heterocycles. The number of amides is 2. The molecule has 2 aliphatic rings. The molecule has 1 aliphatic carbocycles. The van der Waals surface area contributed by atoms with Crippen LogP contribution >= 0.6 is 0 Å². The van der Waals surface area contributed by atoms with E-state index in [9.17, 15) is 22.8 Å². The van der Waals surface area contributed by atoms with Crippen molar-refractivity contribution in [2.45, 2.75) is 57.2 Å². The Labute approximate surface area is 145 Å². The molecule has 1 heterocycles. The van der Waals surface area contributed by atoms with Gasteiger partial charge in [0.2, 0.25) is 11.8 Å². The van der Waals surface area contributed by atoms with Gasteiger partial charge in [-0.15, -0.1) is 0 Å². The van der Waals surface area contributed by atoms with Crippen LogP contribution in [0.5, 0.6) is 0 Å². The van der Waals surface area contributed by atoms with Crippen LogP contribution in [0.15, 0.2) is 4.99 Å². The topological polar surface area (TPSA) is 73.8 Å². The molecular weight excluding hydrogens is 337 g/mol. The third-order valence-electron chi connectivity index (χ3n) is 4.71. The van der Waals surface area contributed by atoms with Crippen molar-refractivity contribution in [3.05, 3.63) is 0 Å². The Balaban J connectivity index is 1.78. The standard InChI is InChI=1S/C16H25F3N4O2/c1-20-15(21-8-9-23-13(24)6-3-7-14(23)25)22-12-5-2-4-11(10-12)16(17,18)19/h11-12H,2-10H2,1H3,(H2,20,21,22). The Hall–Kier alpha value is -1.80. The van der Waals surface area contributed by atoms with E-state index >= 15 is 0 Å². The van der Waals surface area contributed by atoms with Crippen molar-refractivity contribution in [3.63, 3.8) is 0 Å². The van der Waals surface area contributed by atoms with Gasteiger partial charge in [-0.2, -0.15) is 13.2 Å². The number of carbonyl (C=O) groups excluding carboxylic acids is 2. The van der Waals surface area contributed by atoms with Crippen LogP contribution in [0.1, 0.15) is 44.9 Å². The number of nitrogens with zero attached hydrogens (tertiary/aromatic N) is 2. The summed E-state index contributed by atoms with van der Waals surface area (Å²) in [4.78, 5) is 28.7. The van der Waals surface area contributed by atoms with Crippen LogP contribution in [-0.4, -0.2) is 55.0 Å². The minimum absolute atomic E-state index is 0.0350. The molecule has 0 radical (unpaired) electrons. The number of guanidine groups is 1. The number of carbonyl (C=O) groups is 2. The van der Waals surface area contributed by atoms with Gasteiger partial charge in [0, 0.05) is 39.0 Å². The van der Waals surface area contributed by atoms with E-state index < -0.39 is 12.1 Å². The second-order valence-electron chi connectivity index (χ2n) is 6.54. The fourth-order valence-electron chi connectivity index (χ4n) is 3.34. The highest BCUT2D eigenvalue weighted by molar-refractivity contribution is 5.97. The quantitative estimate of drug-likeness (QED) is 0.454. The molecule has 25 heavy (non-hydrogen) atoms. The molecule has 2 amide bonds. The number of imide groups is 1. The lowest BCUT2D eigenvalue weighted by Gasteiger charge is -2.32. The second-order valence-corrected chi connectivity index (χ2v) is 6.54. The first-order chi connectivity index (χ1) is 11.8. The summed E-state index contributed by atoms with van der Waals surface area (Å²) in [5.74, 6) is -1.24. The summed E-state index contributed by atoms with van der Waals surface area (Å²) in [7, 11) is 1.54. The number of alkyl halides is 3. The van der Waals surface area contributed by atoms with E-state index in [1.807, 2.05) is 0 Å². The van der Waals surface area contributed by atoms with Gasteiger partial charge in [0.25, 0.3) is 0 Å². The minimum Gasteiger partial charge on any atom is -0.355 e. The van der Waals surface area contributed by atoms with E-state index in [-0.39, 0.29) is 37.2 Å². The summed E-state index contributed by atoms with van der Waals surface area (Å²) in [5.41, 5.74) is 0. The molecule has 2 N–H and O–H groups in total. The number of likely N-dealkylation sites (tertiary alicyclic amines) is 1. The first-order valence-corrected chi connectivity index (χ1v) is 8.68. The van der Waals surface area contributed by atoms with Crippen LogP contribution in [0.25, 0.3) is 0 Å². The summed E-state index contributed by atoms with van der Waals surface area (Å²) in [5, 5.41) is 5.99. The number of aliphatic imine (C=N–C) groups is 1. The van der Waals surface area contributed by atoms with E-state index in [1.54, 1.807) is 0 Å². The summed E-state index contributed by atoms with van der Waals surface area (Å²) in [6, 6.07) is -0.287. The SMILES string of the molecule is CN=C(NCCN1C(=O)CCCC1=O)NC1CCCC(C(F)(F)F)C1. The van der Waals surface area contributed by atoms with Crippen LogP contribution in [-0.2, 0) is 9.59 Å². The van der Waals surface area contributed by atoms with Crippen molar-refractivity contribution in [2.75, 3.05) is 20.1 Å². The fraction of sp³-hybridized carbons (Fsp3) is 0.812. The Bertz CT molecular complexity index is 506. The molecule has 2 fully saturated rings. The third-order valence-corrected chi connectivity index (χ3v) is 4.71. The predicted molar refractivity (Wildman–Crippen MR) is 86.9 cm³/mol. The van der Waals surface area contributed by atoms with Gasteiger partial charge < -0.3 is 10.6 Å². The zero-order valence-electron chi connectivity index (χ0n) is 14.4. The molecule has 6 nitrogen and oxygen atoms in total. The number of nitrogens with one attached hydrogen (secondary N) is 2. The predicted octanol–water partition coefficient (Wildman–Crippen LogP) is 1.81. The van der Waals surface area contributed by atoms with E-state index in [4.69, 9.17) is 0 Å². The van der Waals surface area contributed by atoms with Crippen molar-refractivity contribution in [3.8, 4) is 0 Å². The molecular formula is C16H25F3N4O2. The van der Waals surface area contributed by atoms with E-state index in [0.717, 1.165) is 0 Å². The average Bonchev–Trinajstić information content (AvgIpc) is 2.56. The summed E-state index contributed by atoms with van der Waals surface area (Å²) in [6.45, 7) is 0.542. The normalized spacial score (nSPS) is 25.9. The molecule has 0 aromatic rings. The Morgan fingerprint density at radius 3 is 2.48 bits per heavy atom. The lowest BCUT2D eigenvalue weighted by Crippen LogP contribution is -2.49. The Morgan fingerprint density at radius 2 is 1.88 bits per heavy atom. The molecule has 2 rings (SSSR count). The maximum Gasteiger partial charge on any atom is 0.391 e. The van der Waals surface area contributed by atoms with Crippen molar-refractivity contribution < 1.29 is 22.8 Å². The lowest BCUT2D eigenvalue weighted by molar-refractivity contribution is -0.183. The van der Waals surface area contributed by atoms with E-state index in [1.165, 1.54) is 11.9 Å². The zero-order valence-corrected chi connectivity index (χ0v) is 14.4. The number of halogens is 3. The van der Waals surface area contributed by atoms with E-state index in [2.05, 4.69) is 15.6 Å². The first kappa shape index (κ1) is 19.5. The molecule has 2 unspecified atom stereocenters. The number of hydrogen-bond donors (Lipinski definition) is 2. The van der Waals surface area contributed by atoms with E-state index in [0.29, 0.717) is 44.6 Å². The van der Waals surface area contributed by atoms with Gasteiger partial charge in [0.15, 0.2) is 5.96 Å². The van der Waals surface area contributed by atoms with Crippen molar-refractivity contribution in [2.24, 2.45) is 10.9 Å². The van der Waals surface area contributed by atoms with Gasteiger partial charge in [0.05, 0.1) is 5.92 Å². The number of hydrogen-bond acceptors (Lipinski definition) is 3. The van der Waals surface area contributed by atoms with Crippen LogP contribution in [0.4, 0.5) is 13.2 Å². The molecule has 0 aromatic carbocycles. The molecule has 1 aliphatic heterocycles. The van der Waals surface area contributed by atoms with Crippen molar-refractivity contribution >= 4 is 17.8 Å². The summed E-state index contributed by atoms with van der Waals surface area (Å²) < 4.78 is 38.6. The second kappa shape index (κ2) is 8.53. The summed E-state index contributed by atoms with van der Waals surface area (Å²) >= 11 is 0. The smallest absolute Gasteiger partial charge is 0.355 e. The molecule has 0 bridgehead atoms. The van der Waals surface area contributed by atoms with Gasteiger partial charge >= 0.3 is 6.18 Å². The first-order valence-electron chi connectivity index (χ1n) is 8.68. The Kier molecular flexibility index (Phi) is 6.66. The molecule has 2 atom stereocenters. The monoisotopic (exact) mass is 362 g/mol. The highest BCUT2D eigenvalue weighted by Crippen LogP contribution is 2.37. The van der Waals surface area contributed by atoms with Crippen LogP contribution in [0, 0.1) is 5.92 Å². The molecule has 1 saturated carbocycles. The van der Waals surface area contributed by atoms with Crippen molar-refractivity contribution in [1.29, 1.82) is 0 Å². The summed E-state index contributed by atoms with van der Waals surface area (Å²) in [6.07, 6.45) is -1.43. The lowest BCUT2D eigenvalue weighted by atomic mass is 9.85. The van der Waals surface area contributed by atoms with Gasteiger partial charge in [0.1, 0.15) is 0 Å². The Morgan fingerprint density at radius 1 is 1.20 bits per heavy atom. The number of rotatable bonds is 4. The average molecular weight is 362 g/mol. The molecule has 0 spiro atoms. The minimum atomic E-state index is -4.16. The maximum absolute atomic E-state index is 12.9. The van der Waals surface area contributed by atoms with Crippen LogP contribution < -0.4 is 10.6 Å². The van der Waals surface area contributed by atoms with Crippen LogP contribution in [0.2, 0.25) is 0 Å². The fourth-order valence-corrected chi connectivity index (χ4v) is 3.34. The maximum atomic E-state index is 12.9. The van der Waals surface area contributed by atoms with Crippen LogP contribution in [0.3, 0.4) is 0 Å². The van der Waals surface area contributed by atoms with Gasteiger partial charge in [-0.05, 0) is 25.7 Å². The van der Waals surface area contributed by atoms with Gasteiger partial charge in [-0.25, -0.2) is 0 Å². The third kappa shape index (κ3) is 5.61. The van der Waals surface area contributed by atoms with Gasteiger partial charge in [-0.3, -0.25) is 19.5 Å². The highest BCUT2D eigenvalue weighted by atomic mass is 19.4.